The first kappa shape index (κ1) is 23.1. The maximum absolute atomic E-state index is 13.0. The standard InChI is InChI=1S/C21H18ClF3N2O3S/c1-12-18(22)17(11-13-3-9-16(10-4-13)31(26,29)30)27(2)19(12)20(28)14-5-7-15(8-6-14)21(23,24)25/h3-10H,11H2,1-2H3,(H2,26,29,30). The molecule has 2 aromatic carbocycles. The topological polar surface area (TPSA) is 82.2 Å². The van der Waals surface area contributed by atoms with Gasteiger partial charge >= 0.3 is 6.18 Å². The fourth-order valence-electron chi connectivity index (χ4n) is 3.31. The summed E-state index contributed by atoms with van der Waals surface area (Å²) in [6.07, 6.45) is -4.18. The number of hydrogen-bond acceptors (Lipinski definition) is 3. The smallest absolute Gasteiger partial charge is 0.343 e. The molecule has 0 aliphatic heterocycles. The van der Waals surface area contributed by atoms with Gasteiger partial charge in [0.05, 0.1) is 21.2 Å². The molecule has 0 saturated carbocycles. The lowest BCUT2D eigenvalue weighted by atomic mass is 10.0. The van der Waals surface area contributed by atoms with Gasteiger partial charge in [0, 0.05) is 24.7 Å². The van der Waals surface area contributed by atoms with Crippen LogP contribution in [0.1, 0.15) is 38.4 Å². The molecule has 0 spiro atoms. The van der Waals surface area contributed by atoms with Crippen LogP contribution in [0.2, 0.25) is 5.02 Å². The average Bonchev–Trinajstić information content (AvgIpc) is 2.90. The maximum atomic E-state index is 13.0. The lowest BCUT2D eigenvalue weighted by Crippen LogP contribution is -2.12. The number of alkyl halides is 3. The van der Waals surface area contributed by atoms with Crippen LogP contribution in [0.15, 0.2) is 53.4 Å². The molecule has 0 aliphatic carbocycles. The number of primary sulfonamides is 1. The average molecular weight is 471 g/mol. The zero-order chi connectivity index (χ0) is 23.1. The number of sulfonamides is 1. The summed E-state index contributed by atoms with van der Waals surface area (Å²) in [5, 5.41) is 5.45. The third-order valence-corrected chi connectivity index (χ3v) is 6.42. The lowest BCUT2D eigenvalue weighted by Gasteiger charge is -2.10. The van der Waals surface area contributed by atoms with Crippen molar-refractivity contribution >= 4 is 27.4 Å². The number of ketones is 1. The van der Waals surface area contributed by atoms with Gasteiger partial charge < -0.3 is 4.57 Å². The van der Waals surface area contributed by atoms with Crippen molar-refractivity contribution in [1.29, 1.82) is 0 Å². The maximum Gasteiger partial charge on any atom is 0.416 e. The van der Waals surface area contributed by atoms with E-state index in [-0.39, 0.29) is 16.2 Å². The van der Waals surface area contributed by atoms with Gasteiger partial charge in [0.2, 0.25) is 15.8 Å². The molecule has 3 aromatic rings. The molecule has 31 heavy (non-hydrogen) atoms. The van der Waals surface area contributed by atoms with E-state index < -0.39 is 27.5 Å². The number of nitrogens with zero attached hydrogens (tertiary/aromatic N) is 1. The number of hydrogen-bond donors (Lipinski definition) is 1. The Morgan fingerprint density at radius 3 is 2.10 bits per heavy atom. The summed E-state index contributed by atoms with van der Waals surface area (Å²) in [6.45, 7) is 1.66. The number of nitrogens with two attached hydrogens (primary N) is 1. The van der Waals surface area contributed by atoms with E-state index >= 15 is 0 Å². The number of carbonyl (C=O) groups excluding carboxylic acids is 1. The molecule has 164 valence electrons. The predicted molar refractivity (Wildman–Crippen MR) is 111 cm³/mol. The highest BCUT2D eigenvalue weighted by Gasteiger charge is 2.30. The number of aromatic nitrogens is 1. The van der Waals surface area contributed by atoms with Crippen LogP contribution in [-0.4, -0.2) is 18.8 Å². The van der Waals surface area contributed by atoms with Gasteiger partial charge in [0.15, 0.2) is 0 Å². The summed E-state index contributed by atoms with van der Waals surface area (Å²) >= 11 is 6.45. The van der Waals surface area contributed by atoms with E-state index in [4.69, 9.17) is 16.7 Å². The molecular weight excluding hydrogens is 453 g/mol. The van der Waals surface area contributed by atoms with Crippen molar-refractivity contribution in [2.24, 2.45) is 12.2 Å². The summed E-state index contributed by atoms with van der Waals surface area (Å²) < 4.78 is 62.7. The molecule has 10 heteroatoms. The molecule has 0 atom stereocenters. The Bertz CT molecular complexity index is 1250. The molecule has 1 aromatic heterocycles. The monoisotopic (exact) mass is 470 g/mol. The van der Waals surface area contributed by atoms with Crippen molar-refractivity contribution < 1.29 is 26.4 Å². The second kappa shape index (κ2) is 8.14. The molecule has 1 heterocycles. The van der Waals surface area contributed by atoms with Gasteiger partial charge in [-0.2, -0.15) is 13.2 Å². The first-order valence-corrected chi connectivity index (χ1v) is 10.9. The SMILES string of the molecule is Cc1c(Cl)c(Cc2ccc(S(N)(=O)=O)cc2)n(C)c1C(=O)c1ccc(C(F)(F)F)cc1. The quantitative estimate of drug-likeness (QED) is 0.558. The minimum absolute atomic E-state index is 0.0245. The summed E-state index contributed by atoms with van der Waals surface area (Å²) in [5.41, 5.74) is 1.39. The third-order valence-electron chi connectivity index (χ3n) is 4.99. The summed E-state index contributed by atoms with van der Waals surface area (Å²) in [4.78, 5) is 13.0. The molecule has 0 saturated heterocycles. The Balaban J connectivity index is 1.94. The number of benzene rings is 2. The Labute approximate surface area is 182 Å². The second-order valence-corrected chi connectivity index (χ2v) is 9.00. The Morgan fingerprint density at radius 2 is 1.61 bits per heavy atom. The highest BCUT2D eigenvalue weighted by molar-refractivity contribution is 7.89. The van der Waals surface area contributed by atoms with Crippen LogP contribution < -0.4 is 5.14 Å². The van der Waals surface area contributed by atoms with Crippen LogP contribution in [0, 0.1) is 6.92 Å². The fraction of sp³-hybridized carbons (Fsp3) is 0.190. The largest absolute Gasteiger partial charge is 0.416 e. The molecule has 0 fully saturated rings. The zero-order valence-corrected chi connectivity index (χ0v) is 18.1. The molecule has 0 bridgehead atoms. The molecule has 0 unspecified atom stereocenters. The van der Waals surface area contributed by atoms with Crippen molar-refractivity contribution in [2.75, 3.05) is 0 Å². The van der Waals surface area contributed by atoms with Crippen molar-refractivity contribution in [3.05, 3.63) is 87.2 Å². The van der Waals surface area contributed by atoms with Crippen LogP contribution in [0.25, 0.3) is 0 Å². The van der Waals surface area contributed by atoms with Gasteiger partial charge in [-0.3, -0.25) is 4.79 Å². The van der Waals surface area contributed by atoms with Gasteiger partial charge in [-0.1, -0.05) is 35.9 Å². The van der Waals surface area contributed by atoms with Gasteiger partial charge in [-0.15, -0.1) is 0 Å². The zero-order valence-electron chi connectivity index (χ0n) is 16.5. The highest BCUT2D eigenvalue weighted by Crippen LogP contribution is 2.32. The lowest BCUT2D eigenvalue weighted by molar-refractivity contribution is -0.137. The molecule has 3 rings (SSSR count). The van der Waals surface area contributed by atoms with Gasteiger partial charge in [-0.25, -0.2) is 13.6 Å². The van der Waals surface area contributed by atoms with Crippen molar-refractivity contribution in [3.63, 3.8) is 0 Å². The third kappa shape index (κ3) is 4.68. The van der Waals surface area contributed by atoms with E-state index in [0.717, 1.165) is 29.8 Å². The van der Waals surface area contributed by atoms with E-state index in [1.807, 2.05) is 0 Å². The normalized spacial score (nSPS) is 12.2. The van der Waals surface area contributed by atoms with Crippen LogP contribution in [0.5, 0.6) is 0 Å². The Hall–Kier alpha value is -2.62. The van der Waals surface area contributed by atoms with Gasteiger partial charge in [0.1, 0.15) is 0 Å². The van der Waals surface area contributed by atoms with Crippen LogP contribution in [0.3, 0.4) is 0 Å². The van der Waals surface area contributed by atoms with E-state index in [9.17, 15) is 26.4 Å². The van der Waals surface area contributed by atoms with E-state index in [1.165, 1.54) is 12.1 Å². The van der Waals surface area contributed by atoms with Gasteiger partial charge in [-0.05, 0) is 42.3 Å². The Morgan fingerprint density at radius 1 is 1.06 bits per heavy atom. The van der Waals surface area contributed by atoms with Crippen LogP contribution >= 0.6 is 11.6 Å². The van der Waals surface area contributed by atoms with E-state index in [0.29, 0.717) is 22.7 Å². The van der Waals surface area contributed by atoms with Crippen molar-refractivity contribution in [3.8, 4) is 0 Å². The highest BCUT2D eigenvalue weighted by atomic mass is 35.5. The number of rotatable bonds is 5. The fourth-order valence-corrected chi connectivity index (χ4v) is 4.11. The first-order valence-electron chi connectivity index (χ1n) is 8.98. The minimum atomic E-state index is -4.49. The number of halogens is 4. The summed E-state index contributed by atoms with van der Waals surface area (Å²) in [6, 6.07) is 9.94. The predicted octanol–water partition coefficient (Wildman–Crippen LogP) is 4.47. The van der Waals surface area contributed by atoms with Gasteiger partial charge in [0.25, 0.3) is 0 Å². The molecular formula is C21H18ClF3N2O3S. The van der Waals surface area contributed by atoms with Crippen molar-refractivity contribution in [1.82, 2.24) is 4.57 Å². The number of carbonyl (C=O) groups is 1. The van der Waals surface area contributed by atoms with Crippen LogP contribution in [0.4, 0.5) is 13.2 Å². The first-order chi connectivity index (χ1) is 14.3. The Kier molecular flexibility index (Phi) is 6.05. The molecule has 2 N–H and O–H groups in total. The molecule has 5 nitrogen and oxygen atoms in total. The summed E-state index contributed by atoms with van der Waals surface area (Å²) in [7, 11) is -2.17. The summed E-state index contributed by atoms with van der Waals surface area (Å²) in [5.74, 6) is -0.452. The van der Waals surface area contributed by atoms with E-state index in [1.54, 1.807) is 30.7 Å². The van der Waals surface area contributed by atoms with Crippen molar-refractivity contribution in [2.45, 2.75) is 24.4 Å². The second-order valence-electron chi connectivity index (χ2n) is 7.06. The minimum Gasteiger partial charge on any atom is -0.343 e. The van der Waals surface area contributed by atoms with E-state index in [2.05, 4.69) is 0 Å². The molecule has 0 radical (unpaired) electrons. The molecule has 0 aliphatic rings. The van der Waals surface area contributed by atoms with Crippen LogP contribution in [-0.2, 0) is 29.7 Å². The molecule has 0 amide bonds.